The Kier molecular flexibility index (Phi) is 36.2. The van der Waals surface area contributed by atoms with Crippen LogP contribution < -0.4 is 0 Å². The third-order valence-electron chi connectivity index (χ3n) is 9.08. The number of unbranched alkanes of at least 4 members (excludes halogenated alkanes) is 17. The van der Waals surface area contributed by atoms with Crippen molar-refractivity contribution in [3.8, 4) is 0 Å². The Morgan fingerprint density at radius 2 is 0.982 bits per heavy atom. The van der Waals surface area contributed by atoms with Gasteiger partial charge in [-0.05, 0) is 77.0 Å². The number of phosphoric ester groups is 1. The summed E-state index contributed by atoms with van der Waals surface area (Å²) in [5, 5.41) is 0. The average Bonchev–Trinajstić information content (AvgIpc) is 3.13. The fourth-order valence-electron chi connectivity index (χ4n) is 5.60. The first-order valence-electron chi connectivity index (χ1n) is 21.9. The molecule has 0 aliphatic heterocycles. The molecule has 0 aliphatic rings. The van der Waals surface area contributed by atoms with Crippen LogP contribution in [-0.2, 0) is 32.7 Å². The molecule has 0 aromatic heterocycles. The quantitative estimate of drug-likeness (QED) is 0.0215. The average molecular weight is 797 g/mol. The van der Waals surface area contributed by atoms with Gasteiger partial charge in [-0.1, -0.05) is 133 Å². The molecule has 0 bridgehead atoms. The molecule has 0 fully saturated rings. The number of ether oxygens (including phenoxy) is 2. The van der Waals surface area contributed by atoms with Gasteiger partial charge in [0.2, 0.25) is 0 Å². The van der Waals surface area contributed by atoms with Crippen molar-refractivity contribution in [2.45, 2.75) is 180 Å². The molecule has 320 valence electrons. The first kappa shape index (κ1) is 53.0. The lowest BCUT2D eigenvalue weighted by molar-refractivity contribution is -0.870. The van der Waals surface area contributed by atoms with Crippen LogP contribution >= 0.6 is 7.82 Å². The summed E-state index contributed by atoms with van der Waals surface area (Å²) in [7, 11) is 1.45. The lowest BCUT2D eigenvalue weighted by Crippen LogP contribution is -2.37. The molecule has 0 aliphatic carbocycles. The Morgan fingerprint density at radius 1 is 0.564 bits per heavy atom. The van der Waals surface area contributed by atoms with Crippen molar-refractivity contribution in [2.75, 3.05) is 47.5 Å². The first-order chi connectivity index (χ1) is 26.5. The van der Waals surface area contributed by atoms with E-state index in [1.807, 2.05) is 21.1 Å². The van der Waals surface area contributed by atoms with Gasteiger partial charge in [-0.15, -0.1) is 0 Å². The summed E-state index contributed by atoms with van der Waals surface area (Å²) in [5.41, 5.74) is 0. The molecule has 55 heavy (non-hydrogen) atoms. The predicted octanol–water partition coefficient (Wildman–Crippen LogP) is 12.3. The molecule has 0 aromatic carbocycles. The van der Waals surface area contributed by atoms with E-state index in [-0.39, 0.29) is 26.1 Å². The minimum Gasteiger partial charge on any atom is -0.462 e. The monoisotopic (exact) mass is 797 g/mol. The second-order valence-corrected chi connectivity index (χ2v) is 17.2. The van der Waals surface area contributed by atoms with Gasteiger partial charge < -0.3 is 18.9 Å². The van der Waals surface area contributed by atoms with Gasteiger partial charge in [-0.2, -0.15) is 0 Å². The van der Waals surface area contributed by atoms with Crippen molar-refractivity contribution in [3.63, 3.8) is 0 Å². The smallest absolute Gasteiger partial charge is 0.462 e. The number of phosphoric acid groups is 1. The van der Waals surface area contributed by atoms with Crippen LogP contribution in [0.3, 0.4) is 0 Å². The zero-order valence-electron chi connectivity index (χ0n) is 35.9. The Morgan fingerprint density at radius 3 is 1.51 bits per heavy atom. The lowest BCUT2D eigenvalue weighted by atomic mass is 10.1. The number of esters is 2. The molecular weight excluding hydrogens is 713 g/mol. The van der Waals surface area contributed by atoms with Crippen molar-refractivity contribution in [1.29, 1.82) is 0 Å². The van der Waals surface area contributed by atoms with Crippen LogP contribution in [0.2, 0.25) is 0 Å². The summed E-state index contributed by atoms with van der Waals surface area (Å²) >= 11 is 0. The summed E-state index contributed by atoms with van der Waals surface area (Å²) in [6, 6.07) is 0. The van der Waals surface area contributed by atoms with E-state index in [1.165, 1.54) is 64.2 Å². The van der Waals surface area contributed by atoms with E-state index in [9.17, 15) is 19.0 Å². The molecule has 0 rings (SSSR count). The highest BCUT2D eigenvalue weighted by Gasteiger charge is 2.27. The van der Waals surface area contributed by atoms with Crippen LogP contribution in [0, 0.1) is 0 Å². The van der Waals surface area contributed by atoms with E-state index in [4.69, 9.17) is 18.5 Å². The Bertz CT molecular complexity index is 1080. The highest BCUT2D eigenvalue weighted by Crippen LogP contribution is 2.43. The molecule has 0 saturated heterocycles. The van der Waals surface area contributed by atoms with Crippen molar-refractivity contribution >= 4 is 19.8 Å². The Hall–Kier alpha value is -2.03. The second kappa shape index (κ2) is 37.5. The minimum atomic E-state index is -4.38. The van der Waals surface area contributed by atoms with Crippen LogP contribution in [0.5, 0.6) is 0 Å². The van der Waals surface area contributed by atoms with Crippen molar-refractivity contribution in [3.05, 3.63) is 48.6 Å². The van der Waals surface area contributed by atoms with E-state index in [1.54, 1.807) is 0 Å². The van der Waals surface area contributed by atoms with Crippen LogP contribution in [-0.4, -0.2) is 74.9 Å². The maximum absolute atomic E-state index is 12.7. The van der Waals surface area contributed by atoms with Crippen LogP contribution in [0.1, 0.15) is 174 Å². The molecule has 10 heteroatoms. The molecule has 0 spiro atoms. The van der Waals surface area contributed by atoms with E-state index in [2.05, 4.69) is 62.5 Å². The molecule has 0 radical (unpaired) electrons. The number of carbonyl (C=O) groups excluding carboxylic acids is 2. The van der Waals surface area contributed by atoms with E-state index in [0.717, 1.165) is 70.6 Å². The van der Waals surface area contributed by atoms with Gasteiger partial charge in [0.1, 0.15) is 19.8 Å². The molecule has 1 unspecified atom stereocenters. The number of quaternary nitrogens is 1. The van der Waals surface area contributed by atoms with Gasteiger partial charge >= 0.3 is 19.8 Å². The molecule has 0 aromatic rings. The Balaban J connectivity index is 4.42. The number of likely N-dealkylation sites (N-methyl/N-ethyl adjacent to an activating group) is 1. The molecule has 0 amide bonds. The SMILES string of the molecule is CCCCC/C=C\C/C=C\C/C=C\CCCCCCC(=O)OC[C@H](COP(=O)(O)OCC[N+](C)(C)C)OC(=O)CCCCCCC/C=C\CCCCCCC. The molecule has 1 N–H and O–H groups in total. The van der Waals surface area contributed by atoms with Crippen LogP contribution in [0.15, 0.2) is 48.6 Å². The topological polar surface area (TPSA) is 108 Å². The van der Waals surface area contributed by atoms with Gasteiger partial charge in [0.05, 0.1) is 27.7 Å². The Labute approximate surface area is 337 Å². The third-order valence-corrected chi connectivity index (χ3v) is 10.1. The van der Waals surface area contributed by atoms with Gasteiger partial charge in [0.25, 0.3) is 0 Å². The van der Waals surface area contributed by atoms with Crippen LogP contribution in [0.4, 0.5) is 0 Å². The van der Waals surface area contributed by atoms with Crippen molar-refractivity contribution < 1.29 is 42.1 Å². The zero-order valence-corrected chi connectivity index (χ0v) is 36.8. The number of allylic oxidation sites excluding steroid dienone is 8. The highest BCUT2D eigenvalue weighted by atomic mass is 31.2. The highest BCUT2D eigenvalue weighted by molar-refractivity contribution is 7.47. The summed E-state index contributed by atoms with van der Waals surface area (Å²) < 4.78 is 34.3. The van der Waals surface area contributed by atoms with Crippen molar-refractivity contribution in [2.24, 2.45) is 0 Å². The number of hydrogen-bond donors (Lipinski definition) is 1. The summed E-state index contributed by atoms with van der Waals surface area (Å²) in [5.74, 6) is -0.836. The minimum absolute atomic E-state index is 0.0249. The normalized spacial score (nSPS) is 14.1. The molecular formula is C45H83NO8P+. The van der Waals surface area contributed by atoms with Gasteiger partial charge in [-0.25, -0.2) is 4.57 Å². The second-order valence-electron chi connectivity index (χ2n) is 15.7. The van der Waals surface area contributed by atoms with E-state index < -0.39 is 32.5 Å². The number of rotatable bonds is 39. The van der Waals surface area contributed by atoms with E-state index >= 15 is 0 Å². The largest absolute Gasteiger partial charge is 0.472 e. The maximum Gasteiger partial charge on any atom is 0.472 e. The number of nitrogens with zero attached hydrogens (tertiary/aromatic N) is 1. The van der Waals surface area contributed by atoms with Gasteiger partial charge in [0.15, 0.2) is 6.10 Å². The molecule has 0 saturated carbocycles. The fourth-order valence-corrected chi connectivity index (χ4v) is 6.34. The standard InChI is InChI=1S/C45H82NO8P/c1-6-8-10-12-14-16-18-20-22-23-24-26-27-29-31-33-35-37-44(47)51-41-43(42-53-55(49,50)52-40-39-46(3,4)5)54-45(48)38-36-34-32-30-28-25-21-19-17-15-13-11-9-7-2/h14,16,19-22,24,26,43H,6-13,15,17-18,23,25,27-42H2,1-5H3/p+1/b16-14-,21-19-,22-20-,26-24-/t43-/m1/s1. The predicted molar refractivity (Wildman–Crippen MR) is 229 cm³/mol. The molecule has 0 heterocycles. The van der Waals surface area contributed by atoms with Gasteiger partial charge in [-0.3, -0.25) is 18.6 Å². The molecule has 2 atom stereocenters. The fraction of sp³-hybridized carbons (Fsp3) is 0.778. The van der Waals surface area contributed by atoms with Crippen molar-refractivity contribution in [1.82, 2.24) is 0 Å². The zero-order chi connectivity index (χ0) is 40.7. The van der Waals surface area contributed by atoms with E-state index in [0.29, 0.717) is 23.9 Å². The van der Waals surface area contributed by atoms with Crippen LogP contribution in [0.25, 0.3) is 0 Å². The number of hydrogen-bond acceptors (Lipinski definition) is 7. The lowest BCUT2D eigenvalue weighted by Gasteiger charge is -2.24. The first-order valence-corrected chi connectivity index (χ1v) is 23.4. The maximum atomic E-state index is 12.7. The molecule has 9 nitrogen and oxygen atoms in total. The number of carbonyl (C=O) groups is 2. The summed E-state index contributed by atoms with van der Waals surface area (Å²) in [6.07, 6.45) is 42.9. The summed E-state index contributed by atoms with van der Waals surface area (Å²) in [6.45, 7) is 4.34. The summed E-state index contributed by atoms with van der Waals surface area (Å²) in [4.78, 5) is 35.3. The van der Waals surface area contributed by atoms with Gasteiger partial charge in [0, 0.05) is 12.8 Å². The third kappa shape index (κ3) is 41.4.